The van der Waals surface area contributed by atoms with Crippen LogP contribution in [0.2, 0.25) is 13.3 Å². The number of oxime groups is 1. The average molecular weight is 470 g/mol. The molecular weight excluding hydrogens is 437 g/mol. The SMILES string of the molecule is CCC[CH2][Sn]([CH2]CCC)([CH2]CCC)[c]1cn2cnc(/C=N/OC)c2s1. The number of hydrogen-bond donors (Lipinski definition) is 0. The second kappa shape index (κ2) is 10.6. The second-order valence-electron chi connectivity index (χ2n) is 6.95. The molecule has 0 unspecified atom stereocenters. The standard InChI is InChI=1S/C7H6N3OS.3C4H9.Sn/c1-11-9-4-6-7-10(5-8-6)2-3-12-7;3*1-3-4-2;/h2,4-5H,1H3;3*1,3-4H2,2H3;/b9-4+;;;;. The maximum atomic E-state index is 4.84. The molecule has 25 heavy (non-hydrogen) atoms. The number of hydrogen-bond acceptors (Lipinski definition) is 4. The van der Waals surface area contributed by atoms with Crippen molar-refractivity contribution in [3.05, 3.63) is 18.2 Å². The van der Waals surface area contributed by atoms with Gasteiger partial charge < -0.3 is 0 Å². The van der Waals surface area contributed by atoms with E-state index >= 15 is 0 Å². The van der Waals surface area contributed by atoms with Crippen LogP contribution in [0.3, 0.4) is 0 Å². The molecule has 0 aromatic carbocycles. The van der Waals surface area contributed by atoms with Gasteiger partial charge in [-0.3, -0.25) is 0 Å². The van der Waals surface area contributed by atoms with Crippen molar-refractivity contribution >= 4 is 43.7 Å². The molecule has 0 bridgehead atoms. The molecule has 0 aliphatic carbocycles. The summed E-state index contributed by atoms with van der Waals surface area (Å²) in [5.74, 6) is 0. The fourth-order valence-electron chi connectivity index (χ4n) is 3.54. The Morgan fingerprint density at radius 1 is 1.12 bits per heavy atom. The van der Waals surface area contributed by atoms with Gasteiger partial charge in [-0.25, -0.2) is 0 Å². The van der Waals surface area contributed by atoms with Gasteiger partial charge >= 0.3 is 161 Å². The summed E-state index contributed by atoms with van der Waals surface area (Å²) >= 11 is -0.357. The van der Waals surface area contributed by atoms with E-state index < -0.39 is 18.4 Å². The molecule has 0 saturated heterocycles. The molecule has 2 heterocycles. The van der Waals surface area contributed by atoms with Crippen LogP contribution in [0.5, 0.6) is 0 Å². The summed E-state index contributed by atoms with van der Waals surface area (Å²) < 4.78 is 8.46. The molecule has 2 aromatic heterocycles. The summed E-state index contributed by atoms with van der Waals surface area (Å²) in [6.45, 7) is 7.00. The van der Waals surface area contributed by atoms with Gasteiger partial charge in [-0.2, -0.15) is 0 Å². The summed E-state index contributed by atoms with van der Waals surface area (Å²) in [6.07, 6.45) is 14.2. The third kappa shape index (κ3) is 5.22. The first kappa shape index (κ1) is 20.7. The van der Waals surface area contributed by atoms with E-state index in [2.05, 4.69) is 41.5 Å². The Balaban J connectivity index is 2.41. The zero-order valence-corrected chi connectivity index (χ0v) is 19.9. The van der Waals surface area contributed by atoms with E-state index in [1.54, 1.807) is 16.2 Å². The van der Waals surface area contributed by atoms with Crippen molar-refractivity contribution in [3.8, 4) is 0 Å². The summed E-state index contributed by atoms with van der Waals surface area (Å²) in [7, 11) is 1.57. The number of nitrogens with zero attached hydrogens (tertiary/aromatic N) is 3. The molecule has 0 atom stereocenters. The van der Waals surface area contributed by atoms with Gasteiger partial charge in [0.05, 0.1) is 0 Å². The van der Waals surface area contributed by atoms with Crippen LogP contribution >= 0.6 is 11.3 Å². The molecule has 140 valence electrons. The van der Waals surface area contributed by atoms with Gasteiger partial charge in [-0.15, -0.1) is 0 Å². The van der Waals surface area contributed by atoms with Crippen LogP contribution in [0.1, 0.15) is 65.0 Å². The summed E-state index contributed by atoms with van der Waals surface area (Å²) in [5, 5.41) is 3.91. The Labute approximate surface area is 160 Å². The van der Waals surface area contributed by atoms with Gasteiger partial charge in [0, 0.05) is 0 Å². The van der Waals surface area contributed by atoms with Crippen LogP contribution in [0.4, 0.5) is 0 Å². The Morgan fingerprint density at radius 3 is 2.24 bits per heavy atom. The quantitative estimate of drug-likeness (QED) is 0.236. The third-order valence-corrected chi connectivity index (χ3v) is 24.4. The van der Waals surface area contributed by atoms with Gasteiger partial charge in [0.15, 0.2) is 0 Å². The van der Waals surface area contributed by atoms with Crippen LogP contribution in [0.25, 0.3) is 4.83 Å². The predicted octanol–water partition coefficient (Wildman–Crippen LogP) is 5.43. The van der Waals surface area contributed by atoms with Crippen molar-refractivity contribution in [2.75, 3.05) is 7.11 Å². The number of fused-ring (bicyclic) bond motifs is 1. The summed E-state index contributed by atoms with van der Waals surface area (Å²) in [4.78, 5) is 10.5. The van der Waals surface area contributed by atoms with Gasteiger partial charge in [-0.1, -0.05) is 0 Å². The van der Waals surface area contributed by atoms with Crippen LogP contribution in [0.15, 0.2) is 17.7 Å². The zero-order valence-electron chi connectivity index (χ0n) is 16.3. The molecular formula is C19H33N3OSSn. The Morgan fingerprint density at radius 2 is 1.72 bits per heavy atom. The summed E-state index contributed by atoms with van der Waals surface area (Å²) in [6, 6.07) is 0. The number of thiazole rings is 1. The molecule has 0 spiro atoms. The van der Waals surface area contributed by atoms with Gasteiger partial charge in [0.2, 0.25) is 0 Å². The Hall–Kier alpha value is -0.561. The molecule has 4 nitrogen and oxygen atoms in total. The van der Waals surface area contributed by atoms with Gasteiger partial charge in [0.1, 0.15) is 0 Å². The zero-order chi connectivity index (χ0) is 18.1. The van der Waals surface area contributed by atoms with Gasteiger partial charge in [0.25, 0.3) is 0 Å². The van der Waals surface area contributed by atoms with E-state index in [4.69, 9.17) is 4.84 Å². The van der Waals surface area contributed by atoms with E-state index in [0.29, 0.717) is 0 Å². The molecule has 0 N–H and O–H groups in total. The Bertz CT molecular complexity index is 643. The molecule has 0 fully saturated rings. The topological polar surface area (TPSA) is 38.9 Å². The summed E-state index contributed by atoms with van der Waals surface area (Å²) in [5.41, 5.74) is 0.930. The number of unbranched alkanes of at least 4 members (excludes halogenated alkanes) is 3. The molecule has 6 heteroatoms. The van der Waals surface area contributed by atoms with Crippen molar-refractivity contribution in [1.29, 1.82) is 0 Å². The normalized spacial score (nSPS) is 12.5. The van der Waals surface area contributed by atoms with Crippen LogP contribution in [-0.4, -0.2) is 41.1 Å². The van der Waals surface area contributed by atoms with E-state index in [1.807, 2.05) is 17.7 Å². The molecule has 2 rings (SSSR count). The minimum absolute atomic E-state index is 0.930. The molecule has 0 amide bonds. The number of imidazole rings is 1. The Kier molecular flexibility index (Phi) is 8.76. The number of rotatable bonds is 12. The first-order valence-corrected chi connectivity index (χ1v) is 18.0. The van der Waals surface area contributed by atoms with E-state index in [1.165, 1.54) is 56.7 Å². The van der Waals surface area contributed by atoms with Crippen LogP contribution in [0, 0.1) is 0 Å². The van der Waals surface area contributed by atoms with Crippen molar-refractivity contribution < 1.29 is 4.84 Å². The molecule has 0 radical (unpaired) electrons. The first-order chi connectivity index (χ1) is 12.2. The molecule has 0 aliphatic rings. The second-order valence-corrected chi connectivity index (χ2v) is 22.1. The predicted molar refractivity (Wildman–Crippen MR) is 112 cm³/mol. The fourth-order valence-corrected chi connectivity index (χ4v) is 23.5. The van der Waals surface area contributed by atoms with E-state index in [9.17, 15) is 0 Å². The van der Waals surface area contributed by atoms with Crippen molar-refractivity contribution in [3.63, 3.8) is 0 Å². The minimum atomic E-state index is -2.34. The van der Waals surface area contributed by atoms with Gasteiger partial charge in [-0.05, 0) is 0 Å². The number of aromatic nitrogens is 2. The van der Waals surface area contributed by atoms with E-state index in [-0.39, 0.29) is 0 Å². The molecule has 0 saturated carbocycles. The van der Waals surface area contributed by atoms with Crippen LogP contribution < -0.4 is 2.89 Å². The fraction of sp³-hybridized carbons (Fsp3) is 0.684. The van der Waals surface area contributed by atoms with Crippen molar-refractivity contribution in [2.45, 2.75) is 72.6 Å². The van der Waals surface area contributed by atoms with Crippen molar-refractivity contribution in [2.24, 2.45) is 5.16 Å². The van der Waals surface area contributed by atoms with Crippen LogP contribution in [-0.2, 0) is 4.84 Å². The van der Waals surface area contributed by atoms with E-state index in [0.717, 1.165) is 5.69 Å². The maximum absolute atomic E-state index is 4.84. The van der Waals surface area contributed by atoms with Crippen molar-refractivity contribution in [1.82, 2.24) is 9.38 Å². The third-order valence-electron chi connectivity index (χ3n) is 5.07. The first-order valence-electron chi connectivity index (χ1n) is 9.74. The molecule has 2 aromatic rings. The molecule has 0 aliphatic heterocycles. The monoisotopic (exact) mass is 471 g/mol. The average Bonchev–Trinajstić information content (AvgIpc) is 3.21.